The number of methoxy groups -OCH3 is 2. The molecule has 1 heterocycles. The molecular weight excluding hydrogens is 338 g/mol. The van der Waals surface area contributed by atoms with Crippen LogP contribution in [0.4, 0.5) is 0 Å². The molecule has 0 saturated heterocycles. The molecule has 23 heavy (non-hydrogen) atoms. The highest BCUT2D eigenvalue weighted by Crippen LogP contribution is 2.28. The summed E-state index contributed by atoms with van der Waals surface area (Å²) in [6.45, 7) is 0. The van der Waals surface area contributed by atoms with E-state index in [0.29, 0.717) is 16.3 Å². The average molecular weight is 354 g/mol. The summed E-state index contributed by atoms with van der Waals surface area (Å²) in [5.74, 6) is -0.348. The molecule has 0 fully saturated rings. The Hall–Kier alpha value is -2.05. The lowest BCUT2D eigenvalue weighted by atomic mass is 10.1. The normalized spacial score (nSPS) is 11.6. The first-order chi connectivity index (χ1) is 11.0. The number of carbonyl (C=O) groups is 2. The van der Waals surface area contributed by atoms with Crippen LogP contribution in [0.25, 0.3) is 0 Å². The Balaban J connectivity index is 2.18. The highest BCUT2D eigenvalue weighted by Gasteiger charge is 2.24. The standard InChI is InChI=1S/C16H16ClNO4S/c1-21-13-4-3-11(8-12(13)17)15(16(20)22-2)18-14(19)7-10-5-6-23-9-10/h3-6,8-9,15H,7H2,1-2H3,(H,18,19). The summed E-state index contributed by atoms with van der Waals surface area (Å²) in [6.07, 6.45) is 0.195. The van der Waals surface area contributed by atoms with Crippen molar-refractivity contribution in [2.75, 3.05) is 14.2 Å². The van der Waals surface area contributed by atoms with Crippen LogP contribution in [0.5, 0.6) is 5.75 Å². The van der Waals surface area contributed by atoms with Crippen LogP contribution in [-0.2, 0) is 20.7 Å². The zero-order valence-electron chi connectivity index (χ0n) is 12.7. The van der Waals surface area contributed by atoms with Crippen molar-refractivity contribution in [1.82, 2.24) is 5.32 Å². The van der Waals surface area contributed by atoms with Crippen LogP contribution in [0.1, 0.15) is 17.2 Å². The fourth-order valence-electron chi connectivity index (χ4n) is 2.05. The third-order valence-corrected chi connectivity index (χ3v) is 4.22. The molecular formula is C16H16ClNO4S. The molecule has 0 aliphatic heterocycles. The second-order valence-corrected chi connectivity index (χ2v) is 5.91. The quantitative estimate of drug-likeness (QED) is 0.811. The van der Waals surface area contributed by atoms with Crippen molar-refractivity contribution in [2.24, 2.45) is 0 Å². The molecule has 0 aliphatic rings. The number of rotatable bonds is 6. The molecule has 1 amide bonds. The van der Waals surface area contributed by atoms with Crippen LogP contribution >= 0.6 is 22.9 Å². The maximum Gasteiger partial charge on any atom is 0.333 e. The zero-order valence-corrected chi connectivity index (χ0v) is 14.2. The van der Waals surface area contributed by atoms with Gasteiger partial charge in [0.25, 0.3) is 0 Å². The second-order valence-electron chi connectivity index (χ2n) is 4.73. The van der Waals surface area contributed by atoms with Crippen LogP contribution in [0.3, 0.4) is 0 Å². The molecule has 7 heteroatoms. The maximum atomic E-state index is 12.2. The van der Waals surface area contributed by atoms with E-state index in [0.717, 1.165) is 5.56 Å². The fraction of sp³-hybridized carbons (Fsp3) is 0.250. The summed E-state index contributed by atoms with van der Waals surface area (Å²) in [5, 5.41) is 6.81. The van der Waals surface area contributed by atoms with Crippen molar-refractivity contribution in [3.8, 4) is 5.75 Å². The lowest BCUT2D eigenvalue weighted by molar-refractivity contribution is -0.145. The van der Waals surface area contributed by atoms with Gasteiger partial charge in [-0.25, -0.2) is 4.79 Å². The van der Waals surface area contributed by atoms with Gasteiger partial charge in [-0.15, -0.1) is 0 Å². The zero-order chi connectivity index (χ0) is 16.8. The van der Waals surface area contributed by atoms with Crippen LogP contribution in [-0.4, -0.2) is 26.1 Å². The van der Waals surface area contributed by atoms with Crippen LogP contribution in [0, 0.1) is 0 Å². The molecule has 1 aromatic heterocycles. The molecule has 5 nitrogen and oxygen atoms in total. The number of ether oxygens (including phenoxy) is 2. The molecule has 1 aromatic carbocycles. The van der Waals surface area contributed by atoms with Crippen LogP contribution in [0.15, 0.2) is 35.0 Å². The summed E-state index contributed by atoms with van der Waals surface area (Å²) in [7, 11) is 2.77. The predicted octanol–water partition coefficient (Wildman–Crippen LogP) is 2.98. The Labute approximate surface area is 143 Å². The van der Waals surface area contributed by atoms with Gasteiger partial charge in [-0.3, -0.25) is 4.79 Å². The minimum absolute atomic E-state index is 0.195. The monoisotopic (exact) mass is 353 g/mol. The predicted molar refractivity (Wildman–Crippen MR) is 88.9 cm³/mol. The summed E-state index contributed by atoms with van der Waals surface area (Å²) in [4.78, 5) is 24.2. The van der Waals surface area contributed by atoms with Gasteiger partial charge in [-0.1, -0.05) is 17.7 Å². The SMILES string of the molecule is COC(=O)C(NC(=O)Cc1ccsc1)c1ccc(OC)c(Cl)c1. The van der Waals surface area contributed by atoms with Gasteiger partial charge >= 0.3 is 5.97 Å². The number of esters is 1. The maximum absolute atomic E-state index is 12.2. The minimum Gasteiger partial charge on any atom is -0.495 e. The van der Waals surface area contributed by atoms with Crippen molar-refractivity contribution in [1.29, 1.82) is 0 Å². The third kappa shape index (κ3) is 4.46. The van der Waals surface area contributed by atoms with E-state index in [-0.39, 0.29) is 12.3 Å². The topological polar surface area (TPSA) is 64.6 Å². The second kappa shape index (κ2) is 7.99. The van der Waals surface area contributed by atoms with Crippen molar-refractivity contribution >= 4 is 34.8 Å². The molecule has 1 atom stereocenters. The Morgan fingerprint density at radius 1 is 1.30 bits per heavy atom. The molecule has 0 saturated carbocycles. The van der Waals surface area contributed by atoms with E-state index in [1.165, 1.54) is 25.6 Å². The third-order valence-electron chi connectivity index (χ3n) is 3.20. The number of nitrogens with one attached hydrogen (secondary N) is 1. The Kier molecular flexibility index (Phi) is 6.01. The van der Waals surface area contributed by atoms with Crippen molar-refractivity contribution in [3.63, 3.8) is 0 Å². The first kappa shape index (κ1) is 17.3. The van der Waals surface area contributed by atoms with Crippen LogP contribution in [0.2, 0.25) is 5.02 Å². The minimum atomic E-state index is -0.922. The molecule has 1 unspecified atom stereocenters. The lowest BCUT2D eigenvalue weighted by Crippen LogP contribution is -2.35. The van der Waals surface area contributed by atoms with Crippen LogP contribution < -0.4 is 10.1 Å². The van der Waals surface area contributed by atoms with Gasteiger partial charge < -0.3 is 14.8 Å². The smallest absolute Gasteiger partial charge is 0.333 e. The Bertz CT molecular complexity index is 687. The van der Waals surface area contributed by atoms with Gasteiger partial charge in [0.1, 0.15) is 5.75 Å². The number of hydrogen-bond acceptors (Lipinski definition) is 5. The summed E-state index contributed by atoms with van der Waals surface area (Å²) < 4.78 is 9.86. The van der Waals surface area contributed by atoms with Gasteiger partial charge in [0.2, 0.25) is 5.91 Å². The molecule has 2 rings (SSSR count). The molecule has 1 N–H and O–H groups in total. The molecule has 0 bridgehead atoms. The van der Waals surface area contributed by atoms with Gasteiger partial charge in [-0.05, 0) is 40.1 Å². The number of carbonyl (C=O) groups excluding carboxylic acids is 2. The van der Waals surface area contributed by atoms with E-state index in [4.69, 9.17) is 21.1 Å². The first-order valence-corrected chi connectivity index (χ1v) is 8.09. The fourth-order valence-corrected chi connectivity index (χ4v) is 2.98. The molecule has 0 aliphatic carbocycles. The Morgan fingerprint density at radius 3 is 2.65 bits per heavy atom. The van der Waals surface area contributed by atoms with Gasteiger partial charge in [0, 0.05) is 0 Å². The molecule has 2 aromatic rings. The number of hydrogen-bond donors (Lipinski definition) is 1. The number of benzene rings is 1. The highest BCUT2D eigenvalue weighted by atomic mass is 35.5. The summed E-state index contributed by atoms with van der Waals surface area (Å²) in [5.41, 5.74) is 1.42. The molecule has 0 radical (unpaired) electrons. The highest BCUT2D eigenvalue weighted by molar-refractivity contribution is 7.08. The lowest BCUT2D eigenvalue weighted by Gasteiger charge is -2.17. The van der Waals surface area contributed by atoms with Gasteiger partial charge in [-0.2, -0.15) is 11.3 Å². The first-order valence-electron chi connectivity index (χ1n) is 6.77. The number of amides is 1. The summed E-state index contributed by atoms with van der Waals surface area (Å²) >= 11 is 7.60. The Morgan fingerprint density at radius 2 is 2.09 bits per heavy atom. The van der Waals surface area contributed by atoms with Crippen molar-refractivity contribution in [3.05, 3.63) is 51.2 Å². The van der Waals surface area contributed by atoms with Gasteiger partial charge in [0.15, 0.2) is 6.04 Å². The molecule has 0 spiro atoms. The van der Waals surface area contributed by atoms with E-state index in [9.17, 15) is 9.59 Å². The molecule has 122 valence electrons. The van der Waals surface area contributed by atoms with Crippen molar-refractivity contribution < 1.29 is 19.1 Å². The van der Waals surface area contributed by atoms with E-state index in [1.54, 1.807) is 18.2 Å². The number of thiophene rings is 1. The van der Waals surface area contributed by atoms with Crippen molar-refractivity contribution in [2.45, 2.75) is 12.5 Å². The average Bonchev–Trinajstić information content (AvgIpc) is 3.04. The van der Waals surface area contributed by atoms with E-state index < -0.39 is 12.0 Å². The van der Waals surface area contributed by atoms with E-state index in [2.05, 4.69) is 5.32 Å². The van der Waals surface area contributed by atoms with E-state index in [1.807, 2.05) is 16.8 Å². The van der Waals surface area contributed by atoms with E-state index >= 15 is 0 Å². The van der Waals surface area contributed by atoms with Gasteiger partial charge in [0.05, 0.1) is 25.7 Å². The summed E-state index contributed by atoms with van der Waals surface area (Å²) in [6, 6.07) is 5.82. The number of halogens is 1. The largest absolute Gasteiger partial charge is 0.495 e.